The van der Waals surface area contributed by atoms with Crippen molar-refractivity contribution in [2.75, 3.05) is 39.3 Å². The second-order valence-corrected chi connectivity index (χ2v) is 1.50. The van der Waals surface area contributed by atoms with Crippen molar-refractivity contribution in [2.24, 2.45) is 0 Å². The van der Waals surface area contributed by atoms with Gasteiger partial charge in [-0.15, -0.1) is 0 Å². The average Bonchev–Trinajstić information content (AvgIpc) is 2.18. The summed E-state index contributed by atoms with van der Waals surface area (Å²) in [6.07, 6.45) is 0. The summed E-state index contributed by atoms with van der Waals surface area (Å²) in [7, 11) is 0. The molecule has 0 aliphatic rings. The molecular formula is C6H18N6Ti-6. The first kappa shape index (κ1) is 23.4. The van der Waals surface area contributed by atoms with E-state index in [0.29, 0.717) is 0 Å². The van der Waals surface area contributed by atoms with Gasteiger partial charge >= 0.3 is 0 Å². The van der Waals surface area contributed by atoms with Crippen molar-refractivity contribution in [3.63, 3.8) is 0 Å². The van der Waals surface area contributed by atoms with Gasteiger partial charge < -0.3 is 34.4 Å². The fourth-order valence-corrected chi connectivity index (χ4v) is 0. The van der Waals surface area contributed by atoms with E-state index in [2.05, 4.69) is 0 Å². The molecule has 13 heavy (non-hydrogen) atoms. The maximum Gasteiger partial charge on any atom is 0 e. The Balaban J connectivity index is -0.0000000450. The van der Waals surface area contributed by atoms with Crippen molar-refractivity contribution in [2.45, 2.75) is 0 Å². The van der Waals surface area contributed by atoms with Gasteiger partial charge in [-0.05, 0) is 0 Å². The fraction of sp³-hybridized carbons (Fsp3) is 1.00. The maximum atomic E-state index is 6.26. The van der Waals surface area contributed by atoms with Crippen LogP contribution in [0.25, 0.3) is 34.4 Å². The Labute approximate surface area is 95.6 Å². The predicted octanol–water partition coefficient (Wildman–Crippen LogP) is 3.27. The van der Waals surface area contributed by atoms with E-state index < -0.39 is 0 Å². The van der Waals surface area contributed by atoms with E-state index in [9.17, 15) is 0 Å². The first-order chi connectivity index (χ1) is 5.74. The SMILES string of the molecule is [NH-]CC[NH-].[NH-]CC[NH-].[NH-]CC[NH-].[Ti]. The largest absolute Gasteiger partial charge is 0.679 e. The quantitative estimate of drug-likeness (QED) is 0.645. The van der Waals surface area contributed by atoms with Crippen molar-refractivity contribution in [3.05, 3.63) is 34.4 Å². The molecule has 0 aliphatic heterocycles. The van der Waals surface area contributed by atoms with Gasteiger partial charge in [0.05, 0.1) is 0 Å². The van der Waals surface area contributed by atoms with Crippen molar-refractivity contribution in [1.82, 2.24) is 0 Å². The minimum absolute atomic E-state index is 0. The number of rotatable bonds is 3. The maximum absolute atomic E-state index is 6.26. The third-order valence-corrected chi connectivity index (χ3v) is 0.375. The van der Waals surface area contributed by atoms with E-state index in [1.807, 2.05) is 0 Å². The molecular weight excluding hydrogens is 204 g/mol. The Kier molecular flexibility index (Phi) is 70.4. The summed E-state index contributed by atoms with van der Waals surface area (Å²) in [5, 5.41) is 0. The van der Waals surface area contributed by atoms with Crippen LogP contribution in [0.4, 0.5) is 0 Å². The molecule has 0 aromatic heterocycles. The van der Waals surface area contributed by atoms with E-state index >= 15 is 0 Å². The molecule has 6 nitrogen and oxygen atoms in total. The molecule has 0 unspecified atom stereocenters. The molecule has 0 heterocycles. The van der Waals surface area contributed by atoms with Crippen LogP contribution in [0.1, 0.15) is 0 Å². The Hall–Kier alpha value is 0.474. The van der Waals surface area contributed by atoms with Crippen LogP contribution in [-0.4, -0.2) is 39.3 Å². The first-order valence-corrected chi connectivity index (χ1v) is 3.62. The van der Waals surface area contributed by atoms with Crippen molar-refractivity contribution >= 4 is 0 Å². The Morgan fingerprint density at radius 2 is 0.462 bits per heavy atom. The van der Waals surface area contributed by atoms with Crippen LogP contribution in [-0.2, 0) is 21.7 Å². The van der Waals surface area contributed by atoms with Gasteiger partial charge in [0.2, 0.25) is 0 Å². The molecule has 0 spiro atoms. The Bertz CT molecular complexity index is 32.6. The Morgan fingerprint density at radius 1 is 0.385 bits per heavy atom. The molecule has 0 fully saturated rings. The molecule has 82 valence electrons. The monoisotopic (exact) mass is 222 g/mol. The van der Waals surface area contributed by atoms with E-state index in [1.165, 1.54) is 0 Å². The van der Waals surface area contributed by atoms with Gasteiger partial charge in [0, 0.05) is 21.7 Å². The fourth-order valence-electron chi connectivity index (χ4n) is 0. The van der Waals surface area contributed by atoms with Crippen molar-refractivity contribution in [1.29, 1.82) is 0 Å². The third kappa shape index (κ3) is 113. The van der Waals surface area contributed by atoms with Crippen LogP contribution in [0, 0.1) is 0 Å². The zero-order chi connectivity index (χ0) is 10.2. The van der Waals surface area contributed by atoms with Gasteiger partial charge in [0.25, 0.3) is 0 Å². The molecule has 0 bridgehead atoms. The summed E-state index contributed by atoms with van der Waals surface area (Å²) in [6.45, 7) is 1.42. The van der Waals surface area contributed by atoms with Crippen LogP contribution < -0.4 is 0 Å². The van der Waals surface area contributed by atoms with Crippen LogP contribution in [0.2, 0.25) is 0 Å². The van der Waals surface area contributed by atoms with Gasteiger partial charge in [-0.2, -0.15) is 39.3 Å². The summed E-state index contributed by atoms with van der Waals surface area (Å²) >= 11 is 0. The van der Waals surface area contributed by atoms with Gasteiger partial charge in [0.1, 0.15) is 0 Å². The van der Waals surface area contributed by atoms with Crippen LogP contribution in [0.5, 0.6) is 0 Å². The van der Waals surface area contributed by atoms with Gasteiger partial charge in [-0.25, -0.2) is 0 Å². The van der Waals surface area contributed by atoms with E-state index in [1.54, 1.807) is 0 Å². The third-order valence-electron chi connectivity index (χ3n) is 0.375. The summed E-state index contributed by atoms with van der Waals surface area (Å²) in [5.41, 5.74) is 37.6. The second-order valence-electron chi connectivity index (χ2n) is 1.50. The molecule has 0 aromatic rings. The van der Waals surface area contributed by atoms with Crippen LogP contribution in [0.3, 0.4) is 0 Å². The van der Waals surface area contributed by atoms with Crippen molar-refractivity contribution < 1.29 is 21.7 Å². The minimum Gasteiger partial charge on any atom is -0.679 e. The van der Waals surface area contributed by atoms with Crippen LogP contribution in [0.15, 0.2) is 0 Å². The molecule has 0 aliphatic carbocycles. The predicted molar refractivity (Wildman–Crippen MR) is 55.1 cm³/mol. The van der Waals surface area contributed by atoms with Gasteiger partial charge in [-0.3, -0.25) is 0 Å². The number of nitrogens with one attached hydrogen (secondary N) is 6. The smallest absolute Gasteiger partial charge is 0 e. The zero-order valence-electron chi connectivity index (χ0n) is 7.74. The Morgan fingerprint density at radius 3 is 0.462 bits per heavy atom. The van der Waals surface area contributed by atoms with E-state index in [4.69, 9.17) is 34.4 Å². The first-order valence-electron chi connectivity index (χ1n) is 3.62. The normalized spacial score (nSPS) is 6.92. The molecule has 0 atom stereocenters. The molecule has 0 saturated carbocycles. The van der Waals surface area contributed by atoms with Gasteiger partial charge in [0.15, 0.2) is 0 Å². The molecule has 0 radical (unpaired) electrons. The standard InChI is InChI=1S/3C2H6N2.Ti/c3*3-1-2-4;/h3*3-4H,1-2H2;/q3*-2;. The topological polar surface area (TPSA) is 143 Å². The van der Waals surface area contributed by atoms with Crippen LogP contribution >= 0.6 is 0 Å². The molecule has 0 aromatic carbocycles. The second kappa shape index (κ2) is 39.2. The molecule has 0 rings (SSSR count). The van der Waals surface area contributed by atoms with E-state index in [-0.39, 0.29) is 61.0 Å². The summed E-state index contributed by atoms with van der Waals surface area (Å²) < 4.78 is 0. The van der Waals surface area contributed by atoms with Gasteiger partial charge in [-0.1, -0.05) is 0 Å². The summed E-state index contributed by atoms with van der Waals surface area (Å²) in [4.78, 5) is 0. The average molecular weight is 222 g/mol. The molecule has 0 amide bonds. The van der Waals surface area contributed by atoms with Crippen molar-refractivity contribution in [3.8, 4) is 0 Å². The number of hydrogen-bond donors (Lipinski definition) is 0. The minimum atomic E-state index is 0. The summed E-state index contributed by atoms with van der Waals surface area (Å²) in [5.74, 6) is 0. The number of hydrogen-bond acceptors (Lipinski definition) is 0. The summed E-state index contributed by atoms with van der Waals surface area (Å²) in [6, 6.07) is 0. The molecule has 0 saturated heterocycles. The molecule has 6 N–H and O–H groups in total. The van der Waals surface area contributed by atoms with E-state index in [0.717, 1.165) is 0 Å². The zero-order valence-corrected chi connectivity index (χ0v) is 9.30. The molecule has 7 heteroatoms.